The molecule has 6 heteroatoms. The summed E-state index contributed by atoms with van der Waals surface area (Å²) in [4.78, 5) is 29.7. The molecule has 4 aromatic rings. The van der Waals surface area contributed by atoms with Crippen LogP contribution in [0.2, 0.25) is 0 Å². The van der Waals surface area contributed by atoms with E-state index in [-0.39, 0.29) is 11.7 Å². The fraction of sp³-hybridized carbons (Fsp3) is 0.160. The molecule has 0 saturated carbocycles. The van der Waals surface area contributed by atoms with Crippen LogP contribution >= 0.6 is 11.3 Å². The number of benzene rings is 3. The highest BCUT2D eigenvalue weighted by atomic mass is 32.1. The minimum atomic E-state index is -0.431. The molecule has 0 aliphatic rings. The molecule has 0 aliphatic heterocycles. The Morgan fingerprint density at radius 1 is 0.903 bits per heavy atom. The van der Waals surface area contributed by atoms with Crippen molar-refractivity contribution in [2.45, 2.75) is 20.8 Å². The molecule has 0 bridgehead atoms. The molecule has 0 unspecified atom stereocenters. The van der Waals surface area contributed by atoms with Gasteiger partial charge < -0.3 is 11.1 Å². The molecule has 0 saturated heterocycles. The first kappa shape index (κ1) is 20.8. The molecular formula is C25H23N3O2S. The van der Waals surface area contributed by atoms with Crippen molar-refractivity contribution in [3.05, 3.63) is 77.9 Å². The van der Waals surface area contributed by atoms with Crippen LogP contribution in [0.4, 0.5) is 11.4 Å². The fourth-order valence-electron chi connectivity index (χ4n) is 3.16. The van der Waals surface area contributed by atoms with E-state index in [4.69, 9.17) is 10.7 Å². The minimum Gasteiger partial charge on any atom is -0.399 e. The SMILES string of the molecule is CC(C)(C)C(=O)c1ccc2sc(-c3ccc(NC(=O)c4ccc(N)cc4)cc3)nc2c1. The zero-order chi connectivity index (χ0) is 22.2. The van der Waals surface area contributed by atoms with Gasteiger partial charge in [-0.25, -0.2) is 4.98 Å². The molecule has 0 atom stereocenters. The van der Waals surface area contributed by atoms with Crippen molar-refractivity contribution in [3.63, 3.8) is 0 Å². The second-order valence-corrected chi connectivity index (χ2v) is 9.46. The Hall–Kier alpha value is -3.51. The van der Waals surface area contributed by atoms with Gasteiger partial charge in [-0.15, -0.1) is 11.3 Å². The number of Topliss-reactive ketones (excluding diaryl/α,β-unsaturated/α-hetero) is 1. The van der Waals surface area contributed by atoms with Crippen LogP contribution in [0.25, 0.3) is 20.8 Å². The van der Waals surface area contributed by atoms with Crippen LogP contribution < -0.4 is 11.1 Å². The lowest BCUT2D eigenvalue weighted by atomic mass is 9.86. The van der Waals surface area contributed by atoms with Crippen molar-refractivity contribution in [3.8, 4) is 10.6 Å². The number of nitrogen functional groups attached to an aromatic ring is 1. The average Bonchev–Trinajstić information content (AvgIpc) is 3.17. The van der Waals surface area contributed by atoms with Crippen molar-refractivity contribution in [1.82, 2.24) is 4.98 Å². The van der Waals surface area contributed by atoms with Gasteiger partial charge >= 0.3 is 0 Å². The number of hydrogen-bond donors (Lipinski definition) is 2. The van der Waals surface area contributed by atoms with Gasteiger partial charge in [-0.1, -0.05) is 20.8 Å². The highest BCUT2D eigenvalue weighted by Crippen LogP contribution is 2.32. The fourth-order valence-corrected chi connectivity index (χ4v) is 4.11. The predicted octanol–water partition coefficient (Wildman–Crippen LogP) is 6.03. The van der Waals surface area contributed by atoms with Gasteiger partial charge in [0.15, 0.2) is 5.78 Å². The first-order valence-corrected chi connectivity index (χ1v) is 10.7. The topological polar surface area (TPSA) is 85.1 Å². The van der Waals surface area contributed by atoms with Crippen molar-refractivity contribution in [2.75, 3.05) is 11.1 Å². The first-order valence-electron chi connectivity index (χ1n) is 9.93. The predicted molar refractivity (Wildman–Crippen MR) is 128 cm³/mol. The number of thiazole rings is 1. The monoisotopic (exact) mass is 429 g/mol. The number of carbonyl (C=O) groups excluding carboxylic acids is 2. The maximum atomic E-state index is 12.6. The third kappa shape index (κ3) is 4.49. The van der Waals surface area contributed by atoms with Crippen molar-refractivity contribution in [2.24, 2.45) is 5.41 Å². The smallest absolute Gasteiger partial charge is 0.255 e. The number of rotatable bonds is 4. The largest absolute Gasteiger partial charge is 0.399 e. The van der Waals surface area contributed by atoms with Gasteiger partial charge in [0.25, 0.3) is 5.91 Å². The van der Waals surface area contributed by atoms with Gasteiger partial charge in [-0.2, -0.15) is 0 Å². The lowest BCUT2D eigenvalue weighted by Crippen LogP contribution is -2.19. The first-order chi connectivity index (χ1) is 14.7. The van der Waals surface area contributed by atoms with Gasteiger partial charge in [0.2, 0.25) is 0 Å². The van der Waals surface area contributed by atoms with Crippen LogP contribution in [0, 0.1) is 5.41 Å². The molecule has 1 amide bonds. The van der Waals surface area contributed by atoms with Gasteiger partial charge in [-0.3, -0.25) is 9.59 Å². The van der Waals surface area contributed by atoms with Gasteiger partial charge in [0.05, 0.1) is 10.2 Å². The Labute approximate surface area is 184 Å². The lowest BCUT2D eigenvalue weighted by molar-refractivity contribution is 0.0858. The van der Waals surface area contributed by atoms with E-state index in [0.717, 1.165) is 20.8 Å². The molecular weight excluding hydrogens is 406 g/mol. The van der Waals surface area contributed by atoms with Crippen molar-refractivity contribution >= 4 is 44.6 Å². The number of ketones is 1. The van der Waals surface area contributed by atoms with E-state index in [9.17, 15) is 9.59 Å². The molecule has 3 aromatic carbocycles. The molecule has 3 N–H and O–H groups in total. The van der Waals surface area contributed by atoms with Crippen molar-refractivity contribution in [1.29, 1.82) is 0 Å². The molecule has 0 aliphatic carbocycles. The van der Waals surface area contributed by atoms with E-state index in [1.165, 1.54) is 0 Å². The minimum absolute atomic E-state index is 0.102. The highest BCUT2D eigenvalue weighted by molar-refractivity contribution is 7.21. The average molecular weight is 430 g/mol. The van der Waals surface area contributed by atoms with E-state index in [2.05, 4.69) is 5.32 Å². The Morgan fingerprint density at radius 2 is 1.55 bits per heavy atom. The van der Waals surface area contributed by atoms with Crippen molar-refractivity contribution < 1.29 is 9.59 Å². The van der Waals surface area contributed by atoms with Crippen LogP contribution in [0.15, 0.2) is 66.7 Å². The second-order valence-electron chi connectivity index (χ2n) is 8.43. The van der Waals surface area contributed by atoms with E-state index in [0.29, 0.717) is 22.5 Å². The summed E-state index contributed by atoms with van der Waals surface area (Å²) < 4.78 is 1.03. The molecule has 0 spiro atoms. The summed E-state index contributed by atoms with van der Waals surface area (Å²) in [7, 11) is 0. The number of nitrogens with zero attached hydrogens (tertiary/aromatic N) is 1. The summed E-state index contributed by atoms with van der Waals surface area (Å²) in [5, 5.41) is 3.75. The zero-order valence-electron chi connectivity index (χ0n) is 17.6. The normalized spacial score (nSPS) is 11.5. The molecule has 4 rings (SSSR count). The van der Waals surface area contributed by atoms with Crippen LogP contribution in [-0.4, -0.2) is 16.7 Å². The maximum absolute atomic E-state index is 12.6. The van der Waals surface area contributed by atoms with Gasteiger partial charge in [-0.05, 0) is 66.7 Å². The second kappa shape index (κ2) is 7.96. The number of anilines is 2. The molecule has 0 fully saturated rings. The summed E-state index contributed by atoms with van der Waals surface area (Å²) >= 11 is 1.57. The zero-order valence-corrected chi connectivity index (χ0v) is 18.4. The van der Waals surface area contributed by atoms with E-state index in [1.807, 2.05) is 63.2 Å². The molecule has 0 radical (unpaired) electrons. The number of fused-ring (bicyclic) bond motifs is 1. The number of hydrogen-bond acceptors (Lipinski definition) is 5. The van der Waals surface area contributed by atoms with Crippen LogP contribution in [0.5, 0.6) is 0 Å². The summed E-state index contributed by atoms with van der Waals surface area (Å²) in [6, 6.07) is 20.0. The molecule has 156 valence electrons. The summed E-state index contributed by atoms with van der Waals surface area (Å²) in [5.41, 5.74) is 9.55. The summed E-state index contributed by atoms with van der Waals surface area (Å²) in [6.07, 6.45) is 0. The Kier molecular flexibility index (Phi) is 5.33. The Balaban J connectivity index is 1.54. The number of nitrogens with one attached hydrogen (secondary N) is 1. The lowest BCUT2D eigenvalue weighted by Gasteiger charge is -2.16. The molecule has 1 heterocycles. The Bertz CT molecular complexity index is 1270. The van der Waals surface area contributed by atoms with Crippen LogP contribution in [-0.2, 0) is 0 Å². The number of nitrogens with two attached hydrogens (primary N) is 1. The highest BCUT2D eigenvalue weighted by Gasteiger charge is 2.23. The van der Waals surface area contributed by atoms with Gasteiger partial charge in [0.1, 0.15) is 5.01 Å². The summed E-state index contributed by atoms with van der Waals surface area (Å²) in [6.45, 7) is 5.75. The van der Waals surface area contributed by atoms with Crippen LogP contribution in [0.1, 0.15) is 41.5 Å². The van der Waals surface area contributed by atoms with Gasteiger partial charge in [0, 0.05) is 33.5 Å². The number of carbonyl (C=O) groups is 2. The van der Waals surface area contributed by atoms with Crippen LogP contribution in [0.3, 0.4) is 0 Å². The quantitative estimate of drug-likeness (QED) is 0.306. The number of aromatic nitrogens is 1. The molecule has 31 heavy (non-hydrogen) atoms. The van der Waals surface area contributed by atoms with E-state index in [1.54, 1.807) is 35.6 Å². The third-order valence-electron chi connectivity index (χ3n) is 4.89. The standard InChI is InChI=1S/C25H23N3O2S/c1-25(2,3)22(29)17-8-13-21-20(14-17)28-24(31-21)16-6-11-19(12-7-16)27-23(30)15-4-9-18(26)10-5-15/h4-14H,26H2,1-3H3,(H,27,30). The van der Waals surface area contributed by atoms with E-state index < -0.39 is 5.41 Å². The maximum Gasteiger partial charge on any atom is 0.255 e. The molecule has 1 aromatic heterocycles. The summed E-state index contributed by atoms with van der Waals surface area (Å²) in [5.74, 6) is -0.0890. The third-order valence-corrected chi connectivity index (χ3v) is 5.98. The van der Waals surface area contributed by atoms with E-state index >= 15 is 0 Å². The Morgan fingerprint density at radius 3 is 2.19 bits per heavy atom. The molecule has 5 nitrogen and oxygen atoms in total. The number of amides is 1.